The molecule has 0 bridgehead atoms. The molecular weight excluding hydrogens is 214 g/mol. The Labute approximate surface area is 103 Å². The van der Waals surface area contributed by atoms with Crippen LogP contribution >= 0.6 is 0 Å². The second-order valence-electron chi connectivity index (χ2n) is 4.58. The Kier molecular flexibility index (Phi) is 3.77. The molecule has 0 saturated carbocycles. The SMILES string of the molecule is COc1ccc(N2CCCCC2C)cc1OC. The number of hydrogen-bond acceptors (Lipinski definition) is 3. The predicted octanol–water partition coefficient (Wildman–Crippen LogP) is 3.08. The molecule has 1 aromatic carbocycles. The van der Waals surface area contributed by atoms with Gasteiger partial charge in [-0.1, -0.05) is 0 Å². The Morgan fingerprint density at radius 3 is 2.53 bits per heavy atom. The number of anilines is 1. The van der Waals surface area contributed by atoms with E-state index in [2.05, 4.69) is 24.0 Å². The normalized spacial score (nSPS) is 20.2. The minimum absolute atomic E-state index is 0.613. The number of rotatable bonds is 3. The second-order valence-corrected chi connectivity index (χ2v) is 4.58. The Morgan fingerprint density at radius 2 is 1.88 bits per heavy atom. The van der Waals surface area contributed by atoms with Gasteiger partial charge in [-0.2, -0.15) is 0 Å². The minimum Gasteiger partial charge on any atom is -0.493 e. The number of piperidine rings is 1. The molecular formula is C14H21NO2. The molecule has 0 N–H and O–H groups in total. The molecule has 1 aromatic rings. The Bertz CT molecular complexity index is 378. The van der Waals surface area contributed by atoms with Gasteiger partial charge in [-0.3, -0.25) is 0 Å². The van der Waals surface area contributed by atoms with Gasteiger partial charge in [-0.15, -0.1) is 0 Å². The van der Waals surface area contributed by atoms with Crippen LogP contribution in [-0.2, 0) is 0 Å². The van der Waals surface area contributed by atoms with Gasteiger partial charge in [-0.25, -0.2) is 0 Å². The van der Waals surface area contributed by atoms with Crippen LogP contribution in [0, 0.1) is 0 Å². The molecule has 3 heteroatoms. The minimum atomic E-state index is 0.613. The fourth-order valence-electron chi connectivity index (χ4n) is 2.49. The molecule has 0 radical (unpaired) electrons. The summed E-state index contributed by atoms with van der Waals surface area (Å²) >= 11 is 0. The molecule has 1 saturated heterocycles. The second kappa shape index (κ2) is 5.30. The highest BCUT2D eigenvalue weighted by Gasteiger charge is 2.19. The Balaban J connectivity index is 2.25. The molecule has 1 heterocycles. The first kappa shape index (κ1) is 12.1. The lowest BCUT2D eigenvalue weighted by atomic mass is 10.0. The lowest BCUT2D eigenvalue weighted by molar-refractivity contribution is 0.354. The smallest absolute Gasteiger partial charge is 0.162 e. The topological polar surface area (TPSA) is 21.7 Å². The lowest BCUT2D eigenvalue weighted by Gasteiger charge is -2.35. The number of benzene rings is 1. The summed E-state index contributed by atoms with van der Waals surface area (Å²) in [6, 6.07) is 6.78. The summed E-state index contributed by atoms with van der Waals surface area (Å²) in [5.74, 6) is 1.60. The van der Waals surface area contributed by atoms with E-state index in [9.17, 15) is 0 Å². The molecule has 0 spiro atoms. The molecule has 0 aliphatic carbocycles. The van der Waals surface area contributed by atoms with E-state index in [-0.39, 0.29) is 0 Å². The van der Waals surface area contributed by atoms with Crippen molar-refractivity contribution in [3.05, 3.63) is 18.2 Å². The van der Waals surface area contributed by atoms with Crippen molar-refractivity contribution in [1.82, 2.24) is 0 Å². The van der Waals surface area contributed by atoms with E-state index in [1.165, 1.54) is 24.9 Å². The van der Waals surface area contributed by atoms with Crippen molar-refractivity contribution in [2.45, 2.75) is 32.2 Å². The highest BCUT2D eigenvalue weighted by molar-refractivity contribution is 5.57. The van der Waals surface area contributed by atoms with Gasteiger partial charge >= 0.3 is 0 Å². The zero-order valence-electron chi connectivity index (χ0n) is 10.9. The van der Waals surface area contributed by atoms with Crippen LogP contribution in [-0.4, -0.2) is 26.8 Å². The standard InChI is InChI=1S/C14H21NO2/c1-11-6-4-5-9-15(11)12-7-8-13(16-2)14(10-12)17-3/h7-8,10-11H,4-6,9H2,1-3H3. The third kappa shape index (κ3) is 2.48. The number of hydrogen-bond donors (Lipinski definition) is 0. The van der Waals surface area contributed by atoms with Crippen molar-refractivity contribution in [3.8, 4) is 11.5 Å². The average Bonchev–Trinajstić information content (AvgIpc) is 2.38. The molecule has 1 aliphatic heterocycles. The van der Waals surface area contributed by atoms with E-state index in [1.807, 2.05) is 6.07 Å². The third-order valence-corrected chi connectivity index (χ3v) is 3.50. The van der Waals surface area contributed by atoms with Gasteiger partial charge in [0.25, 0.3) is 0 Å². The van der Waals surface area contributed by atoms with Crippen LogP contribution in [0.25, 0.3) is 0 Å². The van der Waals surface area contributed by atoms with Crippen molar-refractivity contribution in [2.24, 2.45) is 0 Å². The molecule has 1 fully saturated rings. The molecule has 1 atom stereocenters. The molecule has 94 valence electrons. The van der Waals surface area contributed by atoms with Crippen LogP contribution in [0.15, 0.2) is 18.2 Å². The lowest BCUT2D eigenvalue weighted by Crippen LogP contribution is -2.37. The van der Waals surface area contributed by atoms with E-state index in [4.69, 9.17) is 9.47 Å². The van der Waals surface area contributed by atoms with E-state index in [0.717, 1.165) is 18.0 Å². The van der Waals surface area contributed by atoms with E-state index >= 15 is 0 Å². The average molecular weight is 235 g/mol. The van der Waals surface area contributed by atoms with Crippen molar-refractivity contribution in [1.29, 1.82) is 0 Å². The summed E-state index contributed by atoms with van der Waals surface area (Å²) in [4.78, 5) is 2.45. The summed E-state index contributed by atoms with van der Waals surface area (Å²) < 4.78 is 10.6. The van der Waals surface area contributed by atoms with E-state index in [0.29, 0.717) is 6.04 Å². The summed E-state index contributed by atoms with van der Waals surface area (Å²) in [6.45, 7) is 3.42. The Hall–Kier alpha value is -1.38. The van der Waals surface area contributed by atoms with Gasteiger partial charge in [-0.05, 0) is 38.3 Å². The monoisotopic (exact) mass is 235 g/mol. The zero-order valence-corrected chi connectivity index (χ0v) is 10.9. The summed E-state index contributed by atoms with van der Waals surface area (Å²) in [5.41, 5.74) is 1.23. The van der Waals surface area contributed by atoms with Crippen molar-refractivity contribution in [2.75, 3.05) is 25.7 Å². The van der Waals surface area contributed by atoms with E-state index in [1.54, 1.807) is 14.2 Å². The van der Waals surface area contributed by atoms with Crippen molar-refractivity contribution < 1.29 is 9.47 Å². The van der Waals surface area contributed by atoms with Crippen LogP contribution < -0.4 is 14.4 Å². The van der Waals surface area contributed by atoms with Gasteiger partial charge in [0.05, 0.1) is 14.2 Å². The van der Waals surface area contributed by atoms with Crippen LogP contribution in [0.5, 0.6) is 11.5 Å². The van der Waals surface area contributed by atoms with E-state index < -0.39 is 0 Å². The summed E-state index contributed by atoms with van der Waals surface area (Å²) in [5, 5.41) is 0. The van der Waals surface area contributed by atoms with Crippen LogP contribution in [0.1, 0.15) is 26.2 Å². The number of nitrogens with zero attached hydrogens (tertiary/aromatic N) is 1. The van der Waals surface area contributed by atoms with Gasteiger partial charge in [0.15, 0.2) is 11.5 Å². The van der Waals surface area contributed by atoms with Gasteiger partial charge in [0.2, 0.25) is 0 Å². The third-order valence-electron chi connectivity index (χ3n) is 3.50. The highest BCUT2D eigenvalue weighted by atomic mass is 16.5. The van der Waals surface area contributed by atoms with Crippen LogP contribution in [0.2, 0.25) is 0 Å². The molecule has 17 heavy (non-hydrogen) atoms. The maximum Gasteiger partial charge on any atom is 0.162 e. The number of ether oxygens (including phenoxy) is 2. The molecule has 0 aromatic heterocycles. The number of methoxy groups -OCH3 is 2. The fourth-order valence-corrected chi connectivity index (χ4v) is 2.49. The van der Waals surface area contributed by atoms with Gasteiger partial charge < -0.3 is 14.4 Å². The van der Waals surface area contributed by atoms with Gasteiger partial charge in [0.1, 0.15) is 0 Å². The largest absolute Gasteiger partial charge is 0.493 e. The first-order chi connectivity index (χ1) is 8.26. The zero-order chi connectivity index (χ0) is 12.3. The first-order valence-corrected chi connectivity index (χ1v) is 6.25. The molecule has 2 rings (SSSR count). The predicted molar refractivity (Wildman–Crippen MR) is 70.2 cm³/mol. The quantitative estimate of drug-likeness (QED) is 0.803. The molecule has 0 amide bonds. The first-order valence-electron chi connectivity index (χ1n) is 6.25. The van der Waals surface area contributed by atoms with Gasteiger partial charge in [0, 0.05) is 24.3 Å². The molecule has 1 aliphatic rings. The molecule has 1 unspecified atom stereocenters. The summed E-state index contributed by atoms with van der Waals surface area (Å²) in [6.07, 6.45) is 3.89. The highest BCUT2D eigenvalue weighted by Crippen LogP contribution is 2.33. The van der Waals surface area contributed by atoms with Crippen LogP contribution in [0.3, 0.4) is 0 Å². The van der Waals surface area contributed by atoms with Crippen LogP contribution in [0.4, 0.5) is 5.69 Å². The maximum atomic E-state index is 5.35. The summed E-state index contributed by atoms with van der Waals surface area (Å²) in [7, 11) is 3.35. The Morgan fingerprint density at radius 1 is 1.12 bits per heavy atom. The van der Waals surface area contributed by atoms with Crippen molar-refractivity contribution >= 4 is 5.69 Å². The maximum absolute atomic E-state index is 5.35. The van der Waals surface area contributed by atoms with Crippen molar-refractivity contribution in [3.63, 3.8) is 0 Å². The fraction of sp³-hybridized carbons (Fsp3) is 0.571. The molecule has 3 nitrogen and oxygen atoms in total.